The molecule has 2 aromatic heterocycles. The molecule has 1 saturated carbocycles. The van der Waals surface area contributed by atoms with Crippen LogP contribution in [-0.2, 0) is 0 Å². The summed E-state index contributed by atoms with van der Waals surface area (Å²) in [6.07, 6.45) is 6.80. The molecule has 1 aromatic carbocycles. The number of alkyl halides is 1. The molecule has 228 valence electrons. The number of anilines is 1. The topological polar surface area (TPSA) is 86.6 Å². The Morgan fingerprint density at radius 2 is 2.02 bits per heavy atom. The molecule has 2 N–H and O–H groups in total. The third-order valence-electron chi connectivity index (χ3n) is 10.6. The van der Waals surface area contributed by atoms with Gasteiger partial charge >= 0.3 is 6.01 Å². The summed E-state index contributed by atoms with van der Waals surface area (Å²) in [7, 11) is 0. The number of pyridine rings is 1. The van der Waals surface area contributed by atoms with Gasteiger partial charge in [0.05, 0.1) is 10.9 Å². The Labute approximate surface area is 248 Å². The normalized spacial score (nSPS) is 31.9. The van der Waals surface area contributed by atoms with Gasteiger partial charge in [0.1, 0.15) is 41.4 Å². The number of aromatic hydroxyl groups is 1. The van der Waals surface area contributed by atoms with Crippen LogP contribution in [-0.4, -0.2) is 81.5 Å². The minimum Gasteiger partial charge on any atom is -0.508 e. The van der Waals surface area contributed by atoms with Gasteiger partial charge in [-0.25, -0.2) is 13.2 Å². The van der Waals surface area contributed by atoms with E-state index < -0.39 is 23.3 Å². The van der Waals surface area contributed by atoms with Crippen molar-refractivity contribution in [3.8, 4) is 23.0 Å². The number of phenols is 1. The van der Waals surface area contributed by atoms with Crippen molar-refractivity contribution in [1.82, 2.24) is 25.2 Å². The zero-order valence-electron chi connectivity index (χ0n) is 24.3. The highest BCUT2D eigenvalue weighted by Gasteiger charge is 2.48. The van der Waals surface area contributed by atoms with Crippen LogP contribution in [0.15, 0.2) is 18.3 Å². The number of piperidine rings is 3. The molecule has 43 heavy (non-hydrogen) atoms. The van der Waals surface area contributed by atoms with Crippen molar-refractivity contribution >= 4 is 16.7 Å². The molecule has 0 amide bonds. The van der Waals surface area contributed by atoms with E-state index in [-0.39, 0.29) is 53.0 Å². The zero-order chi connectivity index (χ0) is 29.5. The lowest BCUT2D eigenvalue weighted by atomic mass is 9.87. The van der Waals surface area contributed by atoms with Gasteiger partial charge in [0.2, 0.25) is 0 Å². The molecule has 2 unspecified atom stereocenters. The average molecular weight is 595 g/mol. The van der Waals surface area contributed by atoms with E-state index in [9.17, 15) is 9.50 Å². The minimum absolute atomic E-state index is 0.0470. The van der Waals surface area contributed by atoms with Crippen LogP contribution in [0.4, 0.5) is 19.0 Å². The monoisotopic (exact) mass is 594 g/mol. The maximum absolute atomic E-state index is 16.7. The van der Waals surface area contributed by atoms with Gasteiger partial charge in [0.15, 0.2) is 5.82 Å². The number of rotatable bonds is 6. The highest BCUT2D eigenvalue weighted by atomic mass is 19.1. The van der Waals surface area contributed by atoms with Crippen LogP contribution in [0.1, 0.15) is 63.4 Å². The second-order valence-corrected chi connectivity index (χ2v) is 13.4. The van der Waals surface area contributed by atoms with Gasteiger partial charge in [0.25, 0.3) is 0 Å². The van der Waals surface area contributed by atoms with Crippen LogP contribution in [0.3, 0.4) is 0 Å². The molecule has 8 nitrogen and oxygen atoms in total. The Morgan fingerprint density at radius 3 is 2.77 bits per heavy atom. The fourth-order valence-corrected chi connectivity index (χ4v) is 8.17. The number of halogens is 3. The Kier molecular flexibility index (Phi) is 6.49. The van der Waals surface area contributed by atoms with Crippen LogP contribution in [0.5, 0.6) is 11.8 Å². The average Bonchev–Trinajstić information content (AvgIpc) is 3.61. The Morgan fingerprint density at radius 1 is 1.16 bits per heavy atom. The Hall–Kier alpha value is -3.18. The van der Waals surface area contributed by atoms with E-state index >= 15 is 8.78 Å². The van der Waals surface area contributed by atoms with Gasteiger partial charge in [-0.1, -0.05) is 13.3 Å². The number of benzene rings is 1. The van der Waals surface area contributed by atoms with Crippen LogP contribution in [0.2, 0.25) is 0 Å². The fraction of sp³-hybridized carbons (Fsp3) is 0.594. The molecule has 11 heteroatoms. The van der Waals surface area contributed by atoms with E-state index in [0.717, 1.165) is 64.2 Å². The molecule has 6 atom stereocenters. The number of piperazine rings is 1. The molecule has 1 aliphatic carbocycles. The summed E-state index contributed by atoms with van der Waals surface area (Å²) >= 11 is 0. The second-order valence-electron chi connectivity index (χ2n) is 13.4. The van der Waals surface area contributed by atoms with Crippen molar-refractivity contribution in [3.05, 3.63) is 35.5 Å². The summed E-state index contributed by atoms with van der Waals surface area (Å²) in [5, 5.41) is 14.3. The maximum Gasteiger partial charge on any atom is 0.319 e. The Balaban J connectivity index is 1.24. The number of aromatic nitrogens is 3. The summed E-state index contributed by atoms with van der Waals surface area (Å²) in [4.78, 5) is 18.3. The first-order valence-corrected chi connectivity index (χ1v) is 15.7. The van der Waals surface area contributed by atoms with Gasteiger partial charge in [0, 0.05) is 61.5 Å². The molecule has 5 aliphatic heterocycles. The number of hydrogen-bond donors (Lipinski definition) is 2. The summed E-state index contributed by atoms with van der Waals surface area (Å²) in [5.41, 5.74) is 0.195. The molecular weight excluding hydrogens is 557 g/mol. The van der Waals surface area contributed by atoms with E-state index in [1.165, 1.54) is 6.07 Å². The third kappa shape index (κ3) is 4.61. The number of nitrogens with zero attached hydrogens (tertiary/aromatic N) is 5. The first-order valence-electron chi connectivity index (χ1n) is 15.7. The van der Waals surface area contributed by atoms with E-state index in [2.05, 4.69) is 25.1 Å². The summed E-state index contributed by atoms with van der Waals surface area (Å²) in [6, 6.07) is 3.02. The molecule has 6 aliphatic rings. The molecule has 3 aromatic rings. The van der Waals surface area contributed by atoms with Gasteiger partial charge in [-0.3, -0.25) is 9.88 Å². The molecule has 0 radical (unpaired) electrons. The van der Waals surface area contributed by atoms with E-state index in [1.54, 1.807) is 6.20 Å². The first-order chi connectivity index (χ1) is 20.8. The van der Waals surface area contributed by atoms with Crippen LogP contribution in [0, 0.1) is 17.6 Å². The molecule has 7 heterocycles. The van der Waals surface area contributed by atoms with Crippen molar-refractivity contribution in [1.29, 1.82) is 0 Å². The quantitative estimate of drug-likeness (QED) is 0.409. The van der Waals surface area contributed by atoms with Gasteiger partial charge in [-0.15, -0.1) is 0 Å². The van der Waals surface area contributed by atoms with Gasteiger partial charge in [-0.05, 0) is 56.6 Å². The molecule has 2 bridgehead atoms. The molecule has 0 spiro atoms. The molecule has 9 rings (SSSR count). The standard InChI is InChI=1S/C32H37F3N6O2/c1-17-8-22(17)26-23(9-21(42)10-25(26)34)28-27(35)29-24(13-37-28)30(41-15-19-4-5-20(41)12-36-19)39-31(38-29)43-16-32-6-2-3-7-40(32)14-18(33)11-32/h9-10,13,17-20,22,36,42H,2-8,11-12,14-16H2,1H3/t17-,18+,19?,20?,22+,32-/m1/s1. The minimum atomic E-state index is -0.900. The van der Waals surface area contributed by atoms with Gasteiger partial charge < -0.3 is 20.1 Å². The maximum atomic E-state index is 16.7. The molecule has 5 saturated heterocycles. The van der Waals surface area contributed by atoms with Crippen molar-refractivity contribution in [2.45, 2.75) is 81.6 Å². The predicted octanol–water partition coefficient (Wildman–Crippen LogP) is 5.08. The molecule has 6 fully saturated rings. The lowest BCUT2D eigenvalue weighted by Crippen LogP contribution is -2.61. The van der Waals surface area contributed by atoms with E-state index in [1.807, 2.05) is 6.92 Å². The van der Waals surface area contributed by atoms with Crippen molar-refractivity contribution < 1.29 is 23.0 Å². The van der Waals surface area contributed by atoms with Crippen LogP contribution < -0.4 is 15.0 Å². The summed E-state index contributed by atoms with van der Waals surface area (Å²) in [6.45, 7) is 5.03. The van der Waals surface area contributed by atoms with Gasteiger partial charge in [-0.2, -0.15) is 9.97 Å². The van der Waals surface area contributed by atoms with Crippen molar-refractivity contribution in [3.63, 3.8) is 0 Å². The number of fused-ring (bicyclic) bond motifs is 5. The largest absolute Gasteiger partial charge is 0.508 e. The lowest BCUT2D eigenvalue weighted by molar-refractivity contribution is 0.0388. The number of phenolic OH excluding ortho intramolecular Hbond substituents is 1. The highest BCUT2D eigenvalue weighted by molar-refractivity contribution is 5.92. The molecular formula is C32H37F3N6O2. The smallest absolute Gasteiger partial charge is 0.319 e. The highest BCUT2D eigenvalue weighted by Crippen LogP contribution is 2.52. The first kappa shape index (κ1) is 27.4. The summed E-state index contributed by atoms with van der Waals surface area (Å²) < 4.78 is 52.7. The Bertz CT molecular complexity index is 1580. The van der Waals surface area contributed by atoms with Crippen molar-refractivity contribution in [2.24, 2.45) is 5.92 Å². The fourth-order valence-electron chi connectivity index (χ4n) is 8.17. The predicted molar refractivity (Wildman–Crippen MR) is 156 cm³/mol. The number of ether oxygens (including phenoxy) is 1. The number of hydrogen-bond acceptors (Lipinski definition) is 8. The number of nitrogens with one attached hydrogen (secondary N) is 1. The second kappa shape index (κ2) is 10.2. The third-order valence-corrected chi connectivity index (χ3v) is 10.6. The van der Waals surface area contributed by atoms with Crippen LogP contribution in [0.25, 0.3) is 22.2 Å². The SMILES string of the molecule is C[C@@H]1C[C@@H]1c1c(F)cc(O)cc1-c1ncc2c(N3CC4CCC3CN4)nc(OC[C@]34CCCCN3C[C@@H](F)C4)nc2c1F. The summed E-state index contributed by atoms with van der Waals surface area (Å²) in [5.74, 6) is -0.778. The lowest BCUT2D eigenvalue weighted by Gasteiger charge is -2.46. The van der Waals surface area contributed by atoms with E-state index in [4.69, 9.17) is 9.72 Å². The van der Waals surface area contributed by atoms with E-state index in [0.29, 0.717) is 35.8 Å². The van der Waals surface area contributed by atoms with Crippen molar-refractivity contribution in [2.75, 3.05) is 37.7 Å². The zero-order valence-corrected chi connectivity index (χ0v) is 24.3. The van der Waals surface area contributed by atoms with Crippen LogP contribution >= 0.6 is 0 Å².